The van der Waals surface area contributed by atoms with Crippen LogP contribution in [-0.4, -0.2) is 31.4 Å². The van der Waals surface area contributed by atoms with Crippen LogP contribution in [0.1, 0.15) is 99.1 Å². The Morgan fingerprint density at radius 1 is 0.875 bits per heavy atom. The van der Waals surface area contributed by atoms with E-state index in [1.807, 2.05) is 19.9 Å². The molecule has 2 aromatic rings. The lowest BCUT2D eigenvalue weighted by Gasteiger charge is -2.21. The van der Waals surface area contributed by atoms with Crippen molar-refractivity contribution >= 4 is 41.7 Å². The number of rotatable bonds is 8. The Morgan fingerprint density at radius 2 is 1.43 bits per heavy atom. The molecule has 2 rings (SSSR count). The number of nitrogens with zero attached hydrogens (tertiary/aromatic N) is 2. The van der Waals surface area contributed by atoms with E-state index in [1.165, 1.54) is 48.3 Å². The molecule has 2 N–H and O–H groups in total. The Kier molecular flexibility index (Phi) is 22.9. The lowest BCUT2D eigenvalue weighted by atomic mass is 10.1. The standard InChI is InChI=1S/C25H35N4P.2C4H10.C2H6/c1-9-20-17-19(5)15-16-21(20)28-25(26-10-2)29-24(18(3)4)27-22-13-11-12-14-23(22)30(6,7)8;2*1-3-4-2;1-2/h10-18H,2,6,9H2,1,3-5,7-8H3,(H2,26,27,28,29);2*3-4H2,1-2H3;1-2H3. The van der Waals surface area contributed by atoms with E-state index >= 15 is 0 Å². The molecule has 0 aromatic heterocycles. The molecule has 0 saturated heterocycles. The van der Waals surface area contributed by atoms with Gasteiger partial charge in [0, 0.05) is 23.5 Å². The predicted octanol–water partition coefficient (Wildman–Crippen LogP) is 10.6. The summed E-state index contributed by atoms with van der Waals surface area (Å²) < 4.78 is 0. The molecule has 0 fully saturated rings. The van der Waals surface area contributed by atoms with Crippen LogP contribution in [0.3, 0.4) is 0 Å². The first-order chi connectivity index (χ1) is 19.0. The minimum absolute atomic E-state index is 0.185. The highest BCUT2D eigenvalue weighted by atomic mass is 31.2. The van der Waals surface area contributed by atoms with Crippen molar-refractivity contribution in [3.05, 3.63) is 66.4 Å². The molecule has 40 heavy (non-hydrogen) atoms. The van der Waals surface area contributed by atoms with Gasteiger partial charge in [-0.1, -0.05) is 144 Å². The number of hydrogen-bond donors (Lipinski definition) is 2. The zero-order valence-corrected chi connectivity index (χ0v) is 28.9. The van der Waals surface area contributed by atoms with Gasteiger partial charge in [0.15, 0.2) is 0 Å². The van der Waals surface area contributed by atoms with Crippen molar-refractivity contribution in [2.45, 2.75) is 101 Å². The molecule has 0 heterocycles. The van der Waals surface area contributed by atoms with Gasteiger partial charge in [-0.2, -0.15) is 4.99 Å². The Bertz CT molecular complexity index is 1050. The monoisotopic (exact) mass is 568 g/mol. The third-order valence-electron chi connectivity index (χ3n) is 5.69. The molecule has 0 radical (unpaired) electrons. The molecule has 0 saturated carbocycles. The molecule has 0 amide bonds. The molecule has 5 heteroatoms. The van der Waals surface area contributed by atoms with Crippen molar-refractivity contribution in [1.82, 2.24) is 0 Å². The first-order valence-electron chi connectivity index (χ1n) is 15.2. The van der Waals surface area contributed by atoms with Crippen LogP contribution in [0.2, 0.25) is 0 Å². The second-order valence-electron chi connectivity index (χ2n) is 10.3. The van der Waals surface area contributed by atoms with Gasteiger partial charge in [-0.05, 0) is 49.7 Å². The maximum atomic E-state index is 4.84. The number of para-hydroxylation sites is 1. The average molecular weight is 569 g/mol. The first kappa shape index (κ1) is 39.6. The number of unbranched alkanes of at least 4 members (excludes halogenated alkanes) is 2. The second kappa shape index (κ2) is 23.2. The maximum Gasteiger partial charge on any atom is 0.228 e. The van der Waals surface area contributed by atoms with Gasteiger partial charge < -0.3 is 10.6 Å². The maximum absolute atomic E-state index is 4.84. The van der Waals surface area contributed by atoms with E-state index in [1.54, 1.807) is 0 Å². The summed E-state index contributed by atoms with van der Waals surface area (Å²) in [7, 11) is 0. The van der Waals surface area contributed by atoms with E-state index in [0.717, 1.165) is 23.6 Å². The van der Waals surface area contributed by atoms with Crippen molar-refractivity contribution < 1.29 is 0 Å². The lowest BCUT2D eigenvalue weighted by molar-refractivity contribution is 0.882. The van der Waals surface area contributed by atoms with Gasteiger partial charge in [0.1, 0.15) is 5.84 Å². The fourth-order valence-electron chi connectivity index (χ4n) is 3.09. The van der Waals surface area contributed by atoms with Gasteiger partial charge in [0.05, 0.1) is 0 Å². The number of nitrogens with one attached hydrogen (secondary N) is 2. The highest BCUT2D eigenvalue weighted by Gasteiger charge is 2.14. The van der Waals surface area contributed by atoms with Gasteiger partial charge in [-0.25, -0.2) is 4.99 Å². The van der Waals surface area contributed by atoms with Crippen molar-refractivity contribution in [2.24, 2.45) is 15.9 Å². The zero-order valence-electron chi connectivity index (χ0n) is 28.0. The van der Waals surface area contributed by atoms with Gasteiger partial charge in [0.25, 0.3) is 0 Å². The Hall–Kier alpha value is -2.58. The molecular weight excluding hydrogens is 507 g/mol. The SMILES string of the molecule is C=CN=C(/N=C(/Nc1ccccc1P(=C)(C)C)C(C)C)Nc1ccc(C)cc1CC.CC.CCCC.CCCC. The molecule has 0 aliphatic heterocycles. The fourth-order valence-corrected chi connectivity index (χ4v) is 4.37. The molecular formula is C35H61N4P. The highest BCUT2D eigenvalue weighted by molar-refractivity contribution is 7.79. The molecule has 226 valence electrons. The molecule has 0 spiro atoms. The molecule has 2 aromatic carbocycles. The Balaban J connectivity index is 0. The van der Waals surface area contributed by atoms with Crippen LogP contribution < -0.4 is 15.9 Å². The zero-order chi connectivity index (χ0) is 31.1. The minimum Gasteiger partial charge on any atom is -0.343 e. The van der Waals surface area contributed by atoms with Crippen LogP contribution in [0.5, 0.6) is 0 Å². The highest BCUT2D eigenvalue weighted by Crippen LogP contribution is 2.37. The number of hydrogen-bond acceptors (Lipinski definition) is 1. The van der Waals surface area contributed by atoms with Gasteiger partial charge >= 0.3 is 0 Å². The molecule has 0 aliphatic carbocycles. The average Bonchev–Trinajstić information content (AvgIpc) is 2.94. The normalized spacial score (nSPS) is 11.2. The van der Waals surface area contributed by atoms with Crippen LogP contribution in [0.4, 0.5) is 11.4 Å². The summed E-state index contributed by atoms with van der Waals surface area (Å²) >= 11 is 0. The molecule has 0 unspecified atom stereocenters. The van der Waals surface area contributed by atoms with Gasteiger partial charge in [0.2, 0.25) is 5.96 Å². The summed E-state index contributed by atoms with van der Waals surface area (Å²) in [5, 5.41) is 8.19. The first-order valence-corrected chi connectivity index (χ1v) is 18.0. The van der Waals surface area contributed by atoms with Crippen LogP contribution >= 0.6 is 6.89 Å². The lowest BCUT2D eigenvalue weighted by Crippen LogP contribution is -2.25. The summed E-state index contributed by atoms with van der Waals surface area (Å²) in [5.41, 5.74) is 4.54. The number of aliphatic imine (C=N–C) groups is 2. The number of benzene rings is 2. The van der Waals surface area contributed by atoms with E-state index in [2.05, 4.69) is 134 Å². The fraction of sp³-hybridized carbons (Fsp3) is 0.514. The molecule has 0 bridgehead atoms. The van der Waals surface area contributed by atoms with Crippen molar-refractivity contribution in [1.29, 1.82) is 0 Å². The van der Waals surface area contributed by atoms with E-state index in [9.17, 15) is 0 Å². The van der Waals surface area contributed by atoms with Gasteiger partial charge in [-0.15, -0.1) is 0 Å². The van der Waals surface area contributed by atoms with Crippen molar-refractivity contribution in [2.75, 3.05) is 24.0 Å². The summed E-state index contributed by atoms with van der Waals surface area (Å²) in [5.74, 6) is 1.54. The third kappa shape index (κ3) is 16.5. The number of anilines is 2. The number of amidine groups is 1. The summed E-state index contributed by atoms with van der Waals surface area (Å²) in [6.45, 7) is 28.0. The third-order valence-corrected chi connectivity index (χ3v) is 7.39. The second-order valence-corrected chi connectivity index (χ2v) is 14.1. The van der Waals surface area contributed by atoms with Crippen LogP contribution in [-0.2, 0) is 6.42 Å². The van der Waals surface area contributed by atoms with Crippen molar-refractivity contribution in [3.8, 4) is 0 Å². The number of aryl methyl sites for hydroxylation is 2. The molecule has 4 nitrogen and oxygen atoms in total. The van der Waals surface area contributed by atoms with E-state index in [4.69, 9.17) is 4.99 Å². The Labute approximate surface area is 248 Å². The van der Waals surface area contributed by atoms with Crippen LogP contribution in [0.15, 0.2) is 65.2 Å². The summed E-state index contributed by atoms with van der Waals surface area (Å²) in [6.07, 6.45) is 12.1. The molecule has 0 atom stereocenters. The van der Waals surface area contributed by atoms with Crippen LogP contribution in [0.25, 0.3) is 0 Å². The van der Waals surface area contributed by atoms with Gasteiger partial charge in [-0.3, -0.25) is 0 Å². The minimum atomic E-state index is -1.44. The van der Waals surface area contributed by atoms with Crippen molar-refractivity contribution in [3.63, 3.8) is 0 Å². The molecule has 0 aliphatic rings. The predicted molar refractivity (Wildman–Crippen MR) is 192 cm³/mol. The topological polar surface area (TPSA) is 48.8 Å². The van der Waals surface area contributed by atoms with E-state index in [0.29, 0.717) is 5.96 Å². The summed E-state index contributed by atoms with van der Waals surface area (Å²) in [4.78, 5) is 9.23. The summed E-state index contributed by atoms with van der Waals surface area (Å²) in [6, 6.07) is 14.7. The van der Waals surface area contributed by atoms with Crippen LogP contribution in [0, 0.1) is 12.8 Å². The van der Waals surface area contributed by atoms with E-state index in [-0.39, 0.29) is 5.92 Å². The quantitative estimate of drug-likeness (QED) is 0.189. The smallest absolute Gasteiger partial charge is 0.228 e. The Morgan fingerprint density at radius 3 is 1.88 bits per heavy atom. The van der Waals surface area contributed by atoms with E-state index < -0.39 is 6.89 Å². The largest absolute Gasteiger partial charge is 0.343 e. The number of guanidine groups is 1.